The first kappa shape index (κ1) is 17.5. The molecule has 6 heteroatoms. The quantitative estimate of drug-likeness (QED) is 0.853. The highest BCUT2D eigenvalue weighted by Crippen LogP contribution is 2.32. The maximum absolute atomic E-state index is 12.9. The Hall–Kier alpha value is -2.37. The molecule has 0 bridgehead atoms. The molecule has 2 fully saturated rings. The Morgan fingerprint density at radius 3 is 2.44 bits per heavy atom. The molecule has 2 amide bonds. The van der Waals surface area contributed by atoms with E-state index < -0.39 is 5.97 Å². The normalized spacial score (nSPS) is 20.2. The smallest absolute Gasteiger partial charge is 0.323 e. The molecule has 134 valence electrons. The molecule has 0 aromatic heterocycles. The van der Waals surface area contributed by atoms with Gasteiger partial charge in [0, 0.05) is 25.6 Å². The van der Waals surface area contributed by atoms with E-state index >= 15 is 0 Å². The molecule has 1 aromatic rings. The molecular weight excluding hydrogens is 320 g/mol. The second-order valence-electron chi connectivity index (χ2n) is 6.97. The molecule has 1 unspecified atom stereocenters. The summed E-state index contributed by atoms with van der Waals surface area (Å²) in [7, 11) is 0. The molecule has 25 heavy (non-hydrogen) atoms. The van der Waals surface area contributed by atoms with Crippen LogP contribution in [0.5, 0.6) is 0 Å². The lowest BCUT2D eigenvalue weighted by molar-refractivity contribution is -0.149. The minimum atomic E-state index is -1.02. The van der Waals surface area contributed by atoms with Gasteiger partial charge in [-0.05, 0) is 31.2 Å². The van der Waals surface area contributed by atoms with Gasteiger partial charge in [0.2, 0.25) is 11.8 Å². The number of nitrogens with zero attached hydrogens (tertiary/aromatic N) is 2. The van der Waals surface area contributed by atoms with E-state index in [4.69, 9.17) is 0 Å². The molecular formula is C19H24N2O4. The zero-order valence-corrected chi connectivity index (χ0v) is 14.3. The highest BCUT2D eigenvalue weighted by atomic mass is 16.4. The number of carboxylic acid groups (broad SMARTS) is 1. The van der Waals surface area contributed by atoms with Crippen LogP contribution in [0.15, 0.2) is 30.3 Å². The highest BCUT2D eigenvalue weighted by molar-refractivity contribution is 5.85. The Morgan fingerprint density at radius 1 is 1.08 bits per heavy atom. The van der Waals surface area contributed by atoms with Crippen molar-refractivity contribution in [2.45, 2.75) is 32.2 Å². The number of aliphatic carboxylic acids is 1. The average molecular weight is 344 g/mol. The van der Waals surface area contributed by atoms with Crippen LogP contribution in [0.4, 0.5) is 0 Å². The number of hydrogen-bond donors (Lipinski definition) is 1. The number of carbonyl (C=O) groups is 3. The monoisotopic (exact) mass is 344 g/mol. The van der Waals surface area contributed by atoms with Gasteiger partial charge in [0.25, 0.3) is 0 Å². The molecule has 2 aliphatic rings. The van der Waals surface area contributed by atoms with Crippen LogP contribution in [0, 0.1) is 11.8 Å². The summed E-state index contributed by atoms with van der Waals surface area (Å²) >= 11 is 0. The maximum Gasteiger partial charge on any atom is 0.323 e. The van der Waals surface area contributed by atoms with Crippen LogP contribution in [0.25, 0.3) is 0 Å². The largest absolute Gasteiger partial charge is 0.480 e. The Morgan fingerprint density at radius 2 is 1.80 bits per heavy atom. The third kappa shape index (κ3) is 4.59. The molecule has 1 atom stereocenters. The Balaban J connectivity index is 1.67. The maximum atomic E-state index is 12.9. The van der Waals surface area contributed by atoms with Crippen molar-refractivity contribution >= 4 is 17.8 Å². The fraction of sp³-hybridized carbons (Fsp3) is 0.526. The summed E-state index contributed by atoms with van der Waals surface area (Å²) in [6, 6.07) is 9.39. The zero-order valence-electron chi connectivity index (χ0n) is 14.3. The Labute approximate surface area is 147 Å². The fourth-order valence-corrected chi connectivity index (χ4v) is 3.40. The van der Waals surface area contributed by atoms with Crippen LogP contribution in [0.2, 0.25) is 0 Å². The van der Waals surface area contributed by atoms with Crippen LogP contribution < -0.4 is 0 Å². The molecule has 0 radical (unpaired) electrons. The average Bonchev–Trinajstić information content (AvgIpc) is 3.45. The van der Waals surface area contributed by atoms with Crippen LogP contribution in [0.3, 0.4) is 0 Å². The van der Waals surface area contributed by atoms with Crippen LogP contribution in [-0.2, 0) is 20.9 Å². The van der Waals surface area contributed by atoms with Crippen molar-refractivity contribution < 1.29 is 19.5 Å². The molecule has 1 saturated carbocycles. The number of likely N-dealkylation sites (tertiary alicyclic amines) is 1. The summed E-state index contributed by atoms with van der Waals surface area (Å²) in [6.07, 6.45) is 3.40. The number of amides is 2. The number of hydrogen-bond acceptors (Lipinski definition) is 3. The van der Waals surface area contributed by atoms with Crippen molar-refractivity contribution in [2.24, 2.45) is 11.8 Å². The topological polar surface area (TPSA) is 77.9 Å². The molecule has 1 aromatic carbocycles. The van der Waals surface area contributed by atoms with Gasteiger partial charge >= 0.3 is 5.97 Å². The first-order chi connectivity index (χ1) is 12.0. The van der Waals surface area contributed by atoms with Crippen molar-refractivity contribution in [1.82, 2.24) is 9.80 Å². The van der Waals surface area contributed by atoms with Crippen molar-refractivity contribution in [3.8, 4) is 0 Å². The molecule has 1 aliphatic carbocycles. The molecule has 0 spiro atoms. The fourth-order valence-electron chi connectivity index (χ4n) is 3.40. The lowest BCUT2D eigenvalue weighted by atomic mass is 9.95. The zero-order chi connectivity index (χ0) is 17.8. The van der Waals surface area contributed by atoms with Crippen molar-refractivity contribution in [3.05, 3.63) is 35.9 Å². The number of benzene rings is 1. The molecule has 1 heterocycles. The Bertz CT molecular complexity index is 642. The molecule has 1 aliphatic heterocycles. The highest BCUT2D eigenvalue weighted by Gasteiger charge is 2.37. The summed E-state index contributed by atoms with van der Waals surface area (Å²) in [6.45, 7) is 1.08. The third-order valence-electron chi connectivity index (χ3n) is 4.86. The predicted octanol–water partition coefficient (Wildman–Crippen LogP) is 1.75. The van der Waals surface area contributed by atoms with Gasteiger partial charge in [0.1, 0.15) is 6.54 Å². The van der Waals surface area contributed by atoms with Gasteiger partial charge in [0.15, 0.2) is 0 Å². The minimum absolute atomic E-state index is 0.147. The summed E-state index contributed by atoms with van der Waals surface area (Å²) in [5.74, 6) is -1.19. The summed E-state index contributed by atoms with van der Waals surface area (Å²) < 4.78 is 0. The van der Waals surface area contributed by atoms with Crippen molar-refractivity contribution in [3.63, 3.8) is 0 Å². The van der Waals surface area contributed by atoms with E-state index in [2.05, 4.69) is 0 Å². The van der Waals surface area contributed by atoms with E-state index in [1.54, 1.807) is 4.90 Å². The van der Waals surface area contributed by atoms with E-state index in [1.165, 1.54) is 4.90 Å². The number of carboxylic acids is 1. The first-order valence-electron chi connectivity index (χ1n) is 8.88. The number of rotatable bonds is 6. The van der Waals surface area contributed by atoms with Gasteiger partial charge in [-0.25, -0.2) is 0 Å². The lowest BCUT2D eigenvalue weighted by Gasteiger charge is -2.34. The van der Waals surface area contributed by atoms with E-state index in [9.17, 15) is 19.5 Å². The van der Waals surface area contributed by atoms with Crippen LogP contribution in [-0.4, -0.2) is 52.3 Å². The molecule has 6 nitrogen and oxygen atoms in total. The van der Waals surface area contributed by atoms with Gasteiger partial charge in [0.05, 0.1) is 5.92 Å². The number of carbonyl (C=O) groups excluding carboxylic acids is 2. The standard InChI is InChI=1S/C19H24N2O4/c22-17(23)13-21(11-14-5-2-1-3-6-14)19(25)16-7-4-10-20(12-16)18(24)15-8-9-15/h1-3,5-6,15-16H,4,7-13H2,(H,22,23). The molecule has 3 rings (SSSR count). The molecule has 1 saturated heterocycles. The summed E-state index contributed by atoms with van der Waals surface area (Å²) in [5, 5.41) is 9.17. The van der Waals surface area contributed by atoms with Crippen molar-refractivity contribution in [1.29, 1.82) is 0 Å². The summed E-state index contributed by atoms with van der Waals surface area (Å²) in [4.78, 5) is 39.6. The van der Waals surface area contributed by atoms with Gasteiger partial charge in [-0.2, -0.15) is 0 Å². The van der Waals surface area contributed by atoms with Gasteiger partial charge in [-0.3, -0.25) is 14.4 Å². The number of piperidine rings is 1. The van der Waals surface area contributed by atoms with Crippen molar-refractivity contribution in [2.75, 3.05) is 19.6 Å². The minimum Gasteiger partial charge on any atom is -0.480 e. The van der Waals surface area contributed by atoms with E-state index in [1.807, 2.05) is 30.3 Å². The van der Waals surface area contributed by atoms with Crippen LogP contribution >= 0.6 is 0 Å². The van der Waals surface area contributed by atoms with Gasteiger partial charge in [-0.15, -0.1) is 0 Å². The van der Waals surface area contributed by atoms with Gasteiger partial charge < -0.3 is 14.9 Å². The second-order valence-corrected chi connectivity index (χ2v) is 6.97. The van der Waals surface area contributed by atoms with Gasteiger partial charge in [-0.1, -0.05) is 30.3 Å². The molecule has 1 N–H and O–H groups in total. The third-order valence-corrected chi connectivity index (χ3v) is 4.86. The van der Waals surface area contributed by atoms with E-state index in [0.29, 0.717) is 19.5 Å². The van der Waals surface area contributed by atoms with E-state index in [-0.39, 0.29) is 36.7 Å². The lowest BCUT2D eigenvalue weighted by Crippen LogP contribution is -2.48. The SMILES string of the molecule is O=C(O)CN(Cc1ccccc1)C(=O)C1CCCN(C(=O)C2CC2)C1. The second kappa shape index (κ2) is 7.68. The Kier molecular flexibility index (Phi) is 5.36. The first-order valence-corrected chi connectivity index (χ1v) is 8.88. The summed E-state index contributed by atoms with van der Waals surface area (Å²) in [5.41, 5.74) is 0.902. The predicted molar refractivity (Wildman–Crippen MR) is 91.5 cm³/mol. The van der Waals surface area contributed by atoms with E-state index in [0.717, 1.165) is 24.8 Å². The van der Waals surface area contributed by atoms with Crippen LogP contribution in [0.1, 0.15) is 31.2 Å².